The molecule has 0 bridgehead atoms. The second kappa shape index (κ2) is 5.31. The zero-order chi connectivity index (χ0) is 12.3. The molecular weight excluding hydrogens is 238 g/mol. The molecule has 1 aliphatic rings. The fourth-order valence-electron chi connectivity index (χ4n) is 2.17. The Hall–Kier alpha value is -1.36. The van der Waals surface area contributed by atoms with Gasteiger partial charge in [-0.25, -0.2) is 4.79 Å². The summed E-state index contributed by atoms with van der Waals surface area (Å²) in [5.41, 5.74) is 0.429. The van der Waals surface area contributed by atoms with Crippen LogP contribution < -0.4 is 5.32 Å². The van der Waals surface area contributed by atoms with Gasteiger partial charge < -0.3 is 10.4 Å². The summed E-state index contributed by atoms with van der Waals surface area (Å²) in [6.45, 7) is 0. The molecule has 5 heteroatoms. The predicted octanol–water partition coefficient (Wildman–Crippen LogP) is 2.97. The van der Waals surface area contributed by atoms with Gasteiger partial charge in [0.15, 0.2) is 0 Å². The van der Waals surface area contributed by atoms with Crippen LogP contribution in [0, 0.1) is 5.92 Å². The van der Waals surface area contributed by atoms with Crippen molar-refractivity contribution >= 4 is 28.9 Å². The van der Waals surface area contributed by atoms with Gasteiger partial charge in [0, 0.05) is 5.92 Å². The van der Waals surface area contributed by atoms with Gasteiger partial charge in [-0.05, 0) is 24.3 Å². The van der Waals surface area contributed by atoms with Crippen LogP contribution in [0.4, 0.5) is 5.69 Å². The van der Waals surface area contributed by atoms with Crippen molar-refractivity contribution in [1.29, 1.82) is 0 Å². The Labute approximate surface area is 104 Å². The number of nitrogens with one attached hydrogen (secondary N) is 1. The number of hydrogen-bond acceptors (Lipinski definition) is 3. The number of amides is 1. The van der Waals surface area contributed by atoms with E-state index in [-0.39, 0.29) is 16.7 Å². The Morgan fingerprint density at radius 2 is 2.00 bits per heavy atom. The Balaban J connectivity index is 2.02. The molecule has 0 radical (unpaired) electrons. The maximum atomic E-state index is 11.9. The van der Waals surface area contributed by atoms with Crippen LogP contribution in [-0.2, 0) is 4.79 Å². The van der Waals surface area contributed by atoms with Gasteiger partial charge in [0.25, 0.3) is 0 Å². The van der Waals surface area contributed by atoms with Crippen LogP contribution >= 0.6 is 11.3 Å². The average Bonchev–Trinajstić information content (AvgIpc) is 2.78. The third-order valence-electron chi connectivity index (χ3n) is 3.09. The zero-order valence-electron chi connectivity index (χ0n) is 9.44. The molecule has 1 heterocycles. The van der Waals surface area contributed by atoms with Crippen molar-refractivity contribution in [1.82, 2.24) is 0 Å². The SMILES string of the molecule is O=C(O)c1sccc1NC(=O)C1CCCCC1. The molecule has 0 spiro atoms. The number of hydrogen-bond donors (Lipinski definition) is 2. The van der Waals surface area contributed by atoms with Gasteiger partial charge in [0.2, 0.25) is 5.91 Å². The summed E-state index contributed by atoms with van der Waals surface area (Å²) < 4.78 is 0. The largest absolute Gasteiger partial charge is 0.477 e. The summed E-state index contributed by atoms with van der Waals surface area (Å²) in [5, 5.41) is 13.3. The first kappa shape index (κ1) is 12.1. The van der Waals surface area contributed by atoms with Crippen molar-refractivity contribution in [2.75, 3.05) is 5.32 Å². The molecule has 1 fully saturated rings. The van der Waals surface area contributed by atoms with Crippen LogP contribution in [0.5, 0.6) is 0 Å². The second-order valence-corrected chi connectivity index (χ2v) is 5.21. The highest BCUT2D eigenvalue weighted by molar-refractivity contribution is 7.12. The van der Waals surface area contributed by atoms with Gasteiger partial charge in [-0.15, -0.1) is 11.3 Å². The van der Waals surface area contributed by atoms with E-state index in [4.69, 9.17) is 5.11 Å². The summed E-state index contributed by atoms with van der Waals surface area (Å²) in [6, 6.07) is 1.65. The molecule has 0 unspecified atom stereocenters. The quantitative estimate of drug-likeness (QED) is 0.870. The van der Waals surface area contributed by atoms with Gasteiger partial charge in [-0.1, -0.05) is 19.3 Å². The molecule has 17 heavy (non-hydrogen) atoms. The lowest BCUT2D eigenvalue weighted by molar-refractivity contribution is -0.120. The van der Waals surface area contributed by atoms with E-state index in [1.165, 1.54) is 6.42 Å². The first-order valence-electron chi connectivity index (χ1n) is 5.80. The zero-order valence-corrected chi connectivity index (χ0v) is 10.3. The Morgan fingerprint density at radius 3 is 2.65 bits per heavy atom. The topological polar surface area (TPSA) is 66.4 Å². The van der Waals surface area contributed by atoms with Gasteiger partial charge in [0.1, 0.15) is 4.88 Å². The monoisotopic (exact) mass is 253 g/mol. The lowest BCUT2D eigenvalue weighted by Gasteiger charge is -2.20. The second-order valence-electron chi connectivity index (χ2n) is 4.29. The maximum absolute atomic E-state index is 11.9. The van der Waals surface area contributed by atoms with Crippen LogP contribution in [0.15, 0.2) is 11.4 Å². The number of anilines is 1. The van der Waals surface area contributed by atoms with E-state index < -0.39 is 5.97 Å². The Morgan fingerprint density at radius 1 is 1.29 bits per heavy atom. The molecule has 2 rings (SSSR count). The third kappa shape index (κ3) is 2.85. The number of carboxylic acid groups (broad SMARTS) is 1. The molecule has 0 atom stereocenters. The van der Waals surface area contributed by atoms with Crippen molar-refractivity contribution in [3.05, 3.63) is 16.3 Å². The molecule has 0 aliphatic heterocycles. The summed E-state index contributed by atoms with van der Waals surface area (Å²) in [4.78, 5) is 23.0. The highest BCUT2D eigenvalue weighted by Crippen LogP contribution is 2.27. The number of carbonyl (C=O) groups excluding carboxylic acids is 1. The van der Waals surface area contributed by atoms with Crippen LogP contribution in [0.25, 0.3) is 0 Å². The number of carbonyl (C=O) groups is 2. The summed E-state index contributed by atoms with van der Waals surface area (Å²) in [5.74, 6) is -0.977. The molecule has 2 N–H and O–H groups in total. The molecule has 1 aromatic rings. The van der Waals surface area contributed by atoms with E-state index in [2.05, 4.69) is 5.32 Å². The Bertz CT molecular complexity index is 421. The number of thiophene rings is 1. The van der Waals surface area contributed by atoms with E-state index in [1.54, 1.807) is 11.4 Å². The predicted molar refractivity (Wildman–Crippen MR) is 66.5 cm³/mol. The van der Waals surface area contributed by atoms with Crippen molar-refractivity contribution in [2.24, 2.45) is 5.92 Å². The third-order valence-corrected chi connectivity index (χ3v) is 4.00. The van der Waals surface area contributed by atoms with E-state index >= 15 is 0 Å². The lowest BCUT2D eigenvalue weighted by atomic mass is 9.88. The molecule has 92 valence electrons. The molecular formula is C12H15NO3S. The molecule has 4 nitrogen and oxygen atoms in total. The minimum Gasteiger partial charge on any atom is -0.477 e. The van der Waals surface area contributed by atoms with Crippen molar-refractivity contribution in [3.63, 3.8) is 0 Å². The number of aromatic carboxylic acids is 1. The molecule has 0 aromatic carbocycles. The minimum atomic E-state index is -0.987. The van der Waals surface area contributed by atoms with Gasteiger partial charge in [-0.2, -0.15) is 0 Å². The highest BCUT2D eigenvalue weighted by atomic mass is 32.1. The molecule has 0 saturated heterocycles. The summed E-state index contributed by atoms with van der Waals surface area (Å²) >= 11 is 1.13. The first-order valence-corrected chi connectivity index (χ1v) is 6.68. The average molecular weight is 253 g/mol. The van der Waals surface area contributed by atoms with Crippen LogP contribution in [0.1, 0.15) is 41.8 Å². The standard InChI is InChI=1S/C12H15NO3S/c14-11(8-4-2-1-3-5-8)13-9-6-7-17-10(9)12(15)16/h6-8H,1-5H2,(H,13,14)(H,15,16). The van der Waals surface area contributed by atoms with E-state index in [1.807, 2.05) is 0 Å². The highest BCUT2D eigenvalue weighted by Gasteiger charge is 2.22. The van der Waals surface area contributed by atoms with Crippen molar-refractivity contribution in [2.45, 2.75) is 32.1 Å². The fourth-order valence-corrected chi connectivity index (χ4v) is 2.86. The fraction of sp³-hybridized carbons (Fsp3) is 0.500. The summed E-state index contributed by atoms with van der Waals surface area (Å²) in [6.07, 6.45) is 5.21. The molecule has 1 amide bonds. The normalized spacial score (nSPS) is 16.7. The van der Waals surface area contributed by atoms with E-state index in [0.29, 0.717) is 5.69 Å². The number of carboxylic acids is 1. The molecule has 1 aliphatic carbocycles. The van der Waals surface area contributed by atoms with Gasteiger partial charge >= 0.3 is 5.97 Å². The van der Waals surface area contributed by atoms with E-state index in [0.717, 1.165) is 37.0 Å². The van der Waals surface area contributed by atoms with Crippen LogP contribution in [0.3, 0.4) is 0 Å². The van der Waals surface area contributed by atoms with Gasteiger partial charge in [-0.3, -0.25) is 4.79 Å². The Kier molecular flexibility index (Phi) is 3.78. The number of rotatable bonds is 3. The molecule has 1 aromatic heterocycles. The first-order chi connectivity index (χ1) is 8.18. The van der Waals surface area contributed by atoms with Crippen LogP contribution in [0.2, 0.25) is 0 Å². The van der Waals surface area contributed by atoms with Crippen molar-refractivity contribution < 1.29 is 14.7 Å². The minimum absolute atomic E-state index is 0.0365. The summed E-state index contributed by atoms with van der Waals surface area (Å²) in [7, 11) is 0. The van der Waals surface area contributed by atoms with Crippen LogP contribution in [-0.4, -0.2) is 17.0 Å². The van der Waals surface area contributed by atoms with Gasteiger partial charge in [0.05, 0.1) is 5.69 Å². The maximum Gasteiger partial charge on any atom is 0.348 e. The molecule has 1 saturated carbocycles. The van der Waals surface area contributed by atoms with Crippen molar-refractivity contribution in [3.8, 4) is 0 Å². The smallest absolute Gasteiger partial charge is 0.348 e. The van der Waals surface area contributed by atoms with E-state index in [9.17, 15) is 9.59 Å². The lowest BCUT2D eigenvalue weighted by Crippen LogP contribution is -2.25.